The van der Waals surface area contributed by atoms with E-state index in [0.29, 0.717) is 11.1 Å². The molecule has 0 amide bonds. The van der Waals surface area contributed by atoms with Gasteiger partial charge in [-0.25, -0.2) is 0 Å². The van der Waals surface area contributed by atoms with Crippen LogP contribution in [0.2, 0.25) is 0 Å². The van der Waals surface area contributed by atoms with E-state index in [4.69, 9.17) is 0 Å². The van der Waals surface area contributed by atoms with E-state index in [1.165, 1.54) is 0 Å². The summed E-state index contributed by atoms with van der Waals surface area (Å²) in [5, 5.41) is 0. The number of Topliss-reactive ketones (excluding diaryl/α,β-unsaturated/α-hetero) is 1. The topological polar surface area (TPSA) is 17.1 Å². The molecule has 0 N–H and O–H groups in total. The van der Waals surface area contributed by atoms with Crippen LogP contribution in [0.3, 0.4) is 0 Å². The van der Waals surface area contributed by atoms with E-state index >= 15 is 0 Å². The summed E-state index contributed by atoms with van der Waals surface area (Å²) in [6.07, 6.45) is 5.63. The highest BCUT2D eigenvalue weighted by molar-refractivity contribution is 6.10. The zero-order chi connectivity index (χ0) is 12.0. The van der Waals surface area contributed by atoms with Gasteiger partial charge in [-0.05, 0) is 13.8 Å². The SMILES string of the molecule is C=C(/C=C\C(C)=C/C)C(=O)c1ccccc1. The molecule has 0 fully saturated rings. The third-order valence-electron chi connectivity index (χ3n) is 2.33. The molecule has 0 aliphatic carbocycles. The summed E-state index contributed by atoms with van der Waals surface area (Å²) in [4.78, 5) is 11.9. The third kappa shape index (κ3) is 3.35. The maximum Gasteiger partial charge on any atom is 0.192 e. The highest BCUT2D eigenvalue weighted by Crippen LogP contribution is 2.08. The number of rotatable bonds is 4. The molecule has 1 rings (SSSR count). The molecule has 1 aromatic rings. The minimum absolute atomic E-state index is 0.0271. The lowest BCUT2D eigenvalue weighted by Gasteiger charge is -1.99. The lowest BCUT2D eigenvalue weighted by molar-refractivity contribution is 0.103. The maximum atomic E-state index is 11.9. The monoisotopic (exact) mass is 212 g/mol. The van der Waals surface area contributed by atoms with Crippen molar-refractivity contribution in [2.24, 2.45) is 0 Å². The summed E-state index contributed by atoms with van der Waals surface area (Å²) < 4.78 is 0. The minimum Gasteiger partial charge on any atom is -0.289 e. The van der Waals surface area contributed by atoms with Crippen LogP contribution in [-0.2, 0) is 0 Å². The standard InChI is InChI=1S/C15H16O/c1-4-12(2)10-11-13(3)15(16)14-8-6-5-7-9-14/h4-11H,3H2,1-2H3/b11-10-,12-4-. The summed E-state index contributed by atoms with van der Waals surface area (Å²) in [5.41, 5.74) is 2.30. The minimum atomic E-state index is -0.0271. The number of carbonyl (C=O) groups is 1. The highest BCUT2D eigenvalue weighted by atomic mass is 16.1. The molecule has 0 spiro atoms. The first-order chi connectivity index (χ1) is 7.65. The number of allylic oxidation sites excluding steroid dienone is 5. The van der Waals surface area contributed by atoms with E-state index < -0.39 is 0 Å². The summed E-state index contributed by atoms with van der Waals surface area (Å²) in [6.45, 7) is 7.72. The first-order valence-electron chi connectivity index (χ1n) is 5.25. The van der Waals surface area contributed by atoms with Crippen LogP contribution in [0.15, 0.2) is 66.3 Å². The van der Waals surface area contributed by atoms with Gasteiger partial charge in [0, 0.05) is 11.1 Å². The van der Waals surface area contributed by atoms with E-state index in [2.05, 4.69) is 6.58 Å². The Morgan fingerprint density at radius 1 is 1.19 bits per heavy atom. The smallest absolute Gasteiger partial charge is 0.192 e. The van der Waals surface area contributed by atoms with Crippen molar-refractivity contribution in [2.45, 2.75) is 13.8 Å². The van der Waals surface area contributed by atoms with Crippen molar-refractivity contribution >= 4 is 5.78 Å². The van der Waals surface area contributed by atoms with Crippen LogP contribution < -0.4 is 0 Å². The van der Waals surface area contributed by atoms with Crippen molar-refractivity contribution in [1.82, 2.24) is 0 Å². The summed E-state index contributed by atoms with van der Waals surface area (Å²) in [6, 6.07) is 9.18. The fraction of sp³-hybridized carbons (Fsp3) is 0.133. The van der Waals surface area contributed by atoms with Gasteiger partial charge in [-0.2, -0.15) is 0 Å². The lowest BCUT2D eigenvalue weighted by atomic mass is 10.0. The highest BCUT2D eigenvalue weighted by Gasteiger charge is 2.05. The quantitative estimate of drug-likeness (QED) is 0.419. The van der Waals surface area contributed by atoms with Gasteiger partial charge in [0.15, 0.2) is 5.78 Å². The zero-order valence-corrected chi connectivity index (χ0v) is 9.73. The summed E-state index contributed by atoms with van der Waals surface area (Å²) in [7, 11) is 0. The van der Waals surface area contributed by atoms with Crippen molar-refractivity contribution in [3.63, 3.8) is 0 Å². The number of benzene rings is 1. The Bertz CT molecular complexity index is 436. The molecule has 1 aromatic carbocycles. The number of hydrogen-bond donors (Lipinski definition) is 0. The Hall–Kier alpha value is -1.89. The number of carbonyl (C=O) groups excluding carboxylic acids is 1. The first-order valence-corrected chi connectivity index (χ1v) is 5.25. The first kappa shape index (κ1) is 12.2. The van der Waals surface area contributed by atoms with E-state index in [0.717, 1.165) is 5.57 Å². The molecule has 0 aliphatic rings. The Labute approximate surface area is 96.8 Å². The second-order valence-corrected chi connectivity index (χ2v) is 3.59. The summed E-state index contributed by atoms with van der Waals surface area (Å²) in [5.74, 6) is -0.0271. The number of hydrogen-bond acceptors (Lipinski definition) is 1. The van der Waals surface area contributed by atoms with Crippen LogP contribution in [0, 0.1) is 0 Å². The Balaban J connectivity index is 2.77. The third-order valence-corrected chi connectivity index (χ3v) is 2.33. The summed E-state index contributed by atoms with van der Waals surface area (Å²) >= 11 is 0. The van der Waals surface area contributed by atoms with Crippen LogP contribution in [0.25, 0.3) is 0 Å². The number of ketones is 1. The van der Waals surface area contributed by atoms with E-state index in [1.54, 1.807) is 18.2 Å². The van der Waals surface area contributed by atoms with E-state index in [1.807, 2.05) is 44.2 Å². The van der Waals surface area contributed by atoms with E-state index in [-0.39, 0.29) is 5.78 Å². The average molecular weight is 212 g/mol. The molecule has 0 bridgehead atoms. The van der Waals surface area contributed by atoms with Gasteiger partial charge in [-0.15, -0.1) is 0 Å². The van der Waals surface area contributed by atoms with Gasteiger partial charge in [0.25, 0.3) is 0 Å². The predicted molar refractivity (Wildman–Crippen MR) is 68.5 cm³/mol. The van der Waals surface area contributed by atoms with E-state index in [9.17, 15) is 4.79 Å². The fourth-order valence-electron chi connectivity index (χ4n) is 1.18. The van der Waals surface area contributed by atoms with Crippen LogP contribution in [0.5, 0.6) is 0 Å². The molecule has 0 aliphatic heterocycles. The average Bonchev–Trinajstić information content (AvgIpc) is 2.35. The molecule has 82 valence electrons. The fourth-order valence-corrected chi connectivity index (χ4v) is 1.18. The largest absolute Gasteiger partial charge is 0.289 e. The molecule has 16 heavy (non-hydrogen) atoms. The molecule has 0 unspecified atom stereocenters. The van der Waals surface area contributed by atoms with Crippen LogP contribution in [-0.4, -0.2) is 5.78 Å². The molecule has 1 nitrogen and oxygen atoms in total. The molecule has 0 saturated heterocycles. The Morgan fingerprint density at radius 3 is 2.38 bits per heavy atom. The Morgan fingerprint density at radius 2 is 1.81 bits per heavy atom. The van der Waals surface area contributed by atoms with Crippen LogP contribution >= 0.6 is 0 Å². The van der Waals surface area contributed by atoms with Crippen molar-refractivity contribution in [3.05, 3.63) is 71.8 Å². The van der Waals surface area contributed by atoms with Gasteiger partial charge >= 0.3 is 0 Å². The lowest BCUT2D eigenvalue weighted by Crippen LogP contribution is -1.99. The molecular weight excluding hydrogens is 196 g/mol. The maximum absolute atomic E-state index is 11.9. The van der Waals surface area contributed by atoms with Crippen LogP contribution in [0.1, 0.15) is 24.2 Å². The van der Waals surface area contributed by atoms with Crippen molar-refractivity contribution in [2.75, 3.05) is 0 Å². The van der Waals surface area contributed by atoms with Crippen molar-refractivity contribution < 1.29 is 4.79 Å². The van der Waals surface area contributed by atoms with Crippen molar-refractivity contribution in [1.29, 1.82) is 0 Å². The molecule has 0 radical (unpaired) electrons. The van der Waals surface area contributed by atoms with Gasteiger partial charge in [-0.3, -0.25) is 4.79 Å². The van der Waals surface area contributed by atoms with Crippen molar-refractivity contribution in [3.8, 4) is 0 Å². The van der Waals surface area contributed by atoms with Gasteiger partial charge in [0.1, 0.15) is 0 Å². The second kappa shape index (κ2) is 5.86. The normalized spacial score (nSPS) is 11.8. The second-order valence-electron chi connectivity index (χ2n) is 3.59. The van der Waals surface area contributed by atoms with Gasteiger partial charge < -0.3 is 0 Å². The molecule has 1 heteroatoms. The zero-order valence-electron chi connectivity index (χ0n) is 9.73. The predicted octanol–water partition coefficient (Wildman–Crippen LogP) is 3.95. The molecule has 0 atom stereocenters. The van der Waals surface area contributed by atoms with Crippen LogP contribution in [0.4, 0.5) is 0 Å². The molecule has 0 heterocycles. The Kier molecular flexibility index (Phi) is 4.46. The molecule has 0 aromatic heterocycles. The van der Waals surface area contributed by atoms with Gasteiger partial charge in [-0.1, -0.05) is 60.7 Å². The molecular formula is C15H16O. The van der Waals surface area contributed by atoms with Gasteiger partial charge in [0.05, 0.1) is 0 Å². The van der Waals surface area contributed by atoms with Gasteiger partial charge in [0.2, 0.25) is 0 Å². The molecule has 0 saturated carbocycles.